The first-order valence-electron chi connectivity index (χ1n) is 6.15. The number of benzene rings is 1. The first-order valence-corrected chi connectivity index (χ1v) is 7.13. The van der Waals surface area contributed by atoms with Gasteiger partial charge in [0, 0.05) is 40.5 Å². The fourth-order valence-electron chi connectivity index (χ4n) is 1.76. The second-order valence-corrected chi connectivity index (χ2v) is 5.47. The van der Waals surface area contributed by atoms with Gasteiger partial charge in [-0.2, -0.15) is 0 Å². The minimum atomic E-state index is 0.0627. The van der Waals surface area contributed by atoms with Gasteiger partial charge in [0.1, 0.15) is 0 Å². The van der Waals surface area contributed by atoms with Crippen LogP contribution in [0.15, 0.2) is 47.6 Å². The number of nitrogens with zero attached hydrogens (tertiary/aromatic N) is 1. The van der Waals surface area contributed by atoms with Gasteiger partial charge in [0.2, 0.25) is 0 Å². The lowest BCUT2D eigenvalue weighted by molar-refractivity contribution is 0.0993. The van der Waals surface area contributed by atoms with E-state index >= 15 is 0 Å². The zero-order valence-corrected chi connectivity index (χ0v) is 11.6. The summed E-state index contributed by atoms with van der Waals surface area (Å²) in [5, 5.41) is 0. The topological polar surface area (TPSA) is 56.0 Å². The molecule has 0 spiro atoms. The predicted octanol–water partition coefficient (Wildman–Crippen LogP) is 3.20. The summed E-state index contributed by atoms with van der Waals surface area (Å²) in [6.45, 7) is 2.11. The number of carbonyl (C=O) groups is 1. The van der Waals surface area contributed by atoms with Crippen LogP contribution in [0, 0.1) is 0 Å². The highest BCUT2D eigenvalue weighted by molar-refractivity contribution is 7.99. The van der Waals surface area contributed by atoms with E-state index in [2.05, 4.69) is 11.9 Å². The molecule has 98 valence electrons. The van der Waals surface area contributed by atoms with Crippen LogP contribution in [0.2, 0.25) is 0 Å². The minimum Gasteiger partial charge on any atom is -0.398 e. The van der Waals surface area contributed by atoms with Crippen LogP contribution in [0.3, 0.4) is 0 Å². The molecule has 0 saturated heterocycles. The SMILES string of the molecule is CCSc1ccc(C(=O)Cc2cnccc2N)cc1. The summed E-state index contributed by atoms with van der Waals surface area (Å²) < 4.78 is 0. The van der Waals surface area contributed by atoms with E-state index in [9.17, 15) is 4.79 Å². The average Bonchev–Trinajstić information content (AvgIpc) is 2.42. The summed E-state index contributed by atoms with van der Waals surface area (Å²) in [5.41, 5.74) is 7.92. The summed E-state index contributed by atoms with van der Waals surface area (Å²) in [4.78, 5) is 17.3. The predicted molar refractivity (Wildman–Crippen MR) is 79.5 cm³/mol. The highest BCUT2D eigenvalue weighted by atomic mass is 32.2. The Morgan fingerprint density at radius 1 is 1.26 bits per heavy atom. The van der Waals surface area contributed by atoms with Gasteiger partial charge in [0.25, 0.3) is 0 Å². The molecule has 0 aliphatic rings. The molecule has 2 rings (SSSR count). The van der Waals surface area contributed by atoms with Crippen LogP contribution in [-0.2, 0) is 6.42 Å². The number of Topliss-reactive ketones (excluding diaryl/α,β-unsaturated/α-hetero) is 1. The molecule has 1 aromatic heterocycles. The lowest BCUT2D eigenvalue weighted by Gasteiger charge is -2.05. The molecule has 0 atom stereocenters. The van der Waals surface area contributed by atoms with Crippen molar-refractivity contribution in [3.05, 3.63) is 53.9 Å². The van der Waals surface area contributed by atoms with Crippen LogP contribution >= 0.6 is 11.8 Å². The number of ketones is 1. The first-order chi connectivity index (χ1) is 9.20. The Kier molecular flexibility index (Phi) is 4.58. The molecule has 0 amide bonds. The van der Waals surface area contributed by atoms with Crippen LogP contribution in [-0.4, -0.2) is 16.5 Å². The third-order valence-corrected chi connectivity index (χ3v) is 3.67. The van der Waals surface area contributed by atoms with Gasteiger partial charge in [-0.05, 0) is 24.0 Å². The molecule has 2 aromatic rings. The number of anilines is 1. The number of nitrogen functional groups attached to an aromatic ring is 1. The number of pyridine rings is 1. The van der Waals surface area contributed by atoms with Gasteiger partial charge < -0.3 is 5.73 Å². The Morgan fingerprint density at radius 3 is 2.63 bits per heavy atom. The zero-order chi connectivity index (χ0) is 13.7. The van der Waals surface area contributed by atoms with Crippen LogP contribution in [0.4, 0.5) is 5.69 Å². The van der Waals surface area contributed by atoms with Gasteiger partial charge in [-0.25, -0.2) is 0 Å². The summed E-state index contributed by atoms with van der Waals surface area (Å²) in [5.74, 6) is 1.09. The van der Waals surface area contributed by atoms with Crippen molar-refractivity contribution < 1.29 is 4.79 Å². The Labute approximate surface area is 117 Å². The normalized spacial score (nSPS) is 10.4. The third-order valence-electron chi connectivity index (χ3n) is 2.78. The number of thioether (sulfide) groups is 1. The monoisotopic (exact) mass is 272 g/mol. The van der Waals surface area contributed by atoms with Crippen molar-refractivity contribution in [3.63, 3.8) is 0 Å². The van der Waals surface area contributed by atoms with Gasteiger partial charge in [-0.3, -0.25) is 9.78 Å². The van der Waals surface area contributed by atoms with E-state index in [0.717, 1.165) is 11.3 Å². The number of nitrogens with two attached hydrogens (primary N) is 1. The zero-order valence-electron chi connectivity index (χ0n) is 10.8. The maximum Gasteiger partial charge on any atom is 0.167 e. The van der Waals surface area contributed by atoms with E-state index in [1.807, 2.05) is 24.3 Å². The Bertz CT molecular complexity index is 567. The fraction of sp³-hybridized carbons (Fsp3) is 0.200. The smallest absolute Gasteiger partial charge is 0.167 e. The van der Waals surface area contributed by atoms with Crippen molar-refractivity contribution in [1.29, 1.82) is 0 Å². The fourth-order valence-corrected chi connectivity index (χ4v) is 2.43. The molecular weight excluding hydrogens is 256 g/mol. The van der Waals surface area contributed by atoms with E-state index in [-0.39, 0.29) is 5.78 Å². The number of carbonyl (C=O) groups excluding carboxylic acids is 1. The first kappa shape index (κ1) is 13.6. The van der Waals surface area contributed by atoms with Crippen molar-refractivity contribution in [1.82, 2.24) is 4.98 Å². The summed E-state index contributed by atoms with van der Waals surface area (Å²) in [6.07, 6.45) is 3.56. The van der Waals surface area contributed by atoms with Gasteiger partial charge >= 0.3 is 0 Å². The van der Waals surface area contributed by atoms with Crippen molar-refractivity contribution in [2.24, 2.45) is 0 Å². The van der Waals surface area contributed by atoms with Crippen LogP contribution in [0.25, 0.3) is 0 Å². The van der Waals surface area contributed by atoms with E-state index in [1.54, 1.807) is 30.2 Å². The van der Waals surface area contributed by atoms with Gasteiger partial charge in [0.15, 0.2) is 5.78 Å². The van der Waals surface area contributed by atoms with E-state index in [4.69, 9.17) is 5.73 Å². The standard InChI is InChI=1S/C15H16N2OS/c1-2-19-13-5-3-11(4-6-13)15(18)9-12-10-17-8-7-14(12)16/h3-8,10H,2,9H2,1H3,(H2,16,17). The van der Waals surface area contributed by atoms with Crippen molar-refractivity contribution in [2.75, 3.05) is 11.5 Å². The van der Waals surface area contributed by atoms with E-state index < -0.39 is 0 Å². The second kappa shape index (κ2) is 6.38. The van der Waals surface area contributed by atoms with Gasteiger partial charge in [-0.1, -0.05) is 19.1 Å². The Balaban J connectivity index is 2.10. The van der Waals surface area contributed by atoms with Gasteiger partial charge in [0.05, 0.1) is 0 Å². The number of rotatable bonds is 5. The molecule has 2 N–H and O–H groups in total. The van der Waals surface area contributed by atoms with Crippen molar-refractivity contribution in [2.45, 2.75) is 18.2 Å². The summed E-state index contributed by atoms with van der Waals surface area (Å²) in [7, 11) is 0. The highest BCUT2D eigenvalue weighted by Gasteiger charge is 2.09. The molecule has 0 bridgehead atoms. The van der Waals surface area contributed by atoms with Crippen molar-refractivity contribution in [3.8, 4) is 0 Å². The lowest BCUT2D eigenvalue weighted by atomic mass is 10.0. The molecule has 0 unspecified atom stereocenters. The molecule has 1 heterocycles. The Morgan fingerprint density at radius 2 is 2.00 bits per heavy atom. The van der Waals surface area contributed by atoms with E-state index in [1.165, 1.54) is 4.90 Å². The highest BCUT2D eigenvalue weighted by Crippen LogP contribution is 2.19. The molecular formula is C15H16N2OS. The van der Waals surface area contributed by atoms with E-state index in [0.29, 0.717) is 17.7 Å². The lowest BCUT2D eigenvalue weighted by Crippen LogP contribution is -2.06. The van der Waals surface area contributed by atoms with Crippen molar-refractivity contribution >= 4 is 23.2 Å². The maximum atomic E-state index is 12.1. The molecule has 0 fully saturated rings. The molecule has 0 radical (unpaired) electrons. The van der Waals surface area contributed by atoms with Gasteiger partial charge in [-0.15, -0.1) is 11.8 Å². The van der Waals surface area contributed by atoms with Crippen LogP contribution < -0.4 is 5.73 Å². The molecule has 0 saturated carbocycles. The quantitative estimate of drug-likeness (QED) is 0.671. The largest absolute Gasteiger partial charge is 0.398 e. The number of hydrogen-bond donors (Lipinski definition) is 1. The summed E-state index contributed by atoms with van der Waals surface area (Å²) in [6, 6.07) is 9.41. The molecule has 4 heteroatoms. The number of hydrogen-bond acceptors (Lipinski definition) is 4. The Hall–Kier alpha value is -1.81. The second-order valence-electron chi connectivity index (χ2n) is 4.13. The van der Waals surface area contributed by atoms with Crippen LogP contribution in [0.1, 0.15) is 22.8 Å². The molecule has 0 aliphatic heterocycles. The minimum absolute atomic E-state index is 0.0627. The number of aromatic nitrogens is 1. The molecule has 19 heavy (non-hydrogen) atoms. The molecule has 3 nitrogen and oxygen atoms in total. The molecule has 0 aliphatic carbocycles. The van der Waals surface area contributed by atoms with Crippen LogP contribution in [0.5, 0.6) is 0 Å². The molecule has 1 aromatic carbocycles. The third kappa shape index (κ3) is 3.58. The maximum absolute atomic E-state index is 12.1. The summed E-state index contributed by atoms with van der Waals surface area (Å²) >= 11 is 1.76. The average molecular weight is 272 g/mol.